The third kappa shape index (κ3) is 5.98. The van der Waals surface area contributed by atoms with E-state index in [-0.39, 0.29) is 12.1 Å². The fraction of sp³-hybridized carbons (Fsp3) is 0.261. The maximum absolute atomic E-state index is 13.0. The van der Waals surface area contributed by atoms with Crippen molar-refractivity contribution in [2.75, 3.05) is 0 Å². The van der Waals surface area contributed by atoms with Crippen LogP contribution in [0.2, 0.25) is 0 Å². The van der Waals surface area contributed by atoms with E-state index in [0.717, 1.165) is 23.2 Å². The predicted molar refractivity (Wildman–Crippen MR) is 120 cm³/mol. The number of nitro benzene ring substituents is 1. The zero-order valence-corrected chi connectivity index (χ0v) is 18.2. The van der Waals surface area contributed by atoms with Gasteiger partial charge < -0.3 is 10.4 Å². The van der Waals surface area contributed by atoms with Crippen molar-refractivity contribution in [2.45, 2.75) is 32.2 Å². The topological polar surface area (TPSA) is 122 Å². The number of carboxylic acid groups (broad SMARTS) is 1. The number of aromatic nitrogens is 1. The van der Waals surface area contributed by atoms with E-state index in [9.17, 15) is 24.8 Å². The quantitative estimate of drug-likeness (QED) is 0.272. The number of nitrogens with one attached hydrogen (secondary N) is 1. The molecule has 2 N–H and O–H groups in total. The minimum absolute atomic E-state index is 0.0225. The summed E-state index contributed by atoms with van der Waals surface area (Å²) < 4.78 is 0. The Morgan fingerprint density at radius 2 is 1.75 bits per heavy atom. The second-order valence-electron chi connectivity index (χ2n) is 7.30. The van der Waals surface area contributed by atoms with Crippen LogP contribution < -0.4 is 5.32 Å². The first-order chi connectivity index (χ1) is 15.4. The number of nitro groups is 1. The van der Waals surface area contributed by atoms with Crippen LogP contribution in [0.3, 0.4) is 0 Å². The number of nitrogens with zero attached hydrogens (tertiary/aromatic N) is 2. The third-order valence-electron chi connectivity index (χ3n) is 5.03. The van der Waals surface area contributed by atoms with Crippen LogP contribution in [0.15, 0.2) is 60.0 Å². The monoisotopic (exact) mass is 453 g/mol. The average Bonchev–Trinajstić information content (AvgIpc) is 3.27. The summed E-state index contributed by atoms with van der Waals surface area (Å²) in [7, 11) is 0. The summed E-state index contributed by atoms with van der Waals surface area (Å²) >= 11 is 1.39. The van der Waals surface area contributed by atoms with Crippen LogP contribution in [0.1, 0.15) is 34.8 Å². The van der Waals surface area contributed by atoms with Crippen molar-refractivity contribution >= 4 is 28.9 Å². The Balaban J connectivity index is 1.82. The summed E-state index contributed by atoms with van der Waals surface area (Å²) in [6.07, 6.45) is 1.14. The minimum Gasteiger partial charge on any atom is -0.481 e. The second-order valence-corrected chi connectivity index (χ2v) is 8.19. The molecule has 9 heteroatoms. The maximum atomic E-state index is 13.0. The molecule has 2 atom stereocenters. The van der Waals surface area contributed by atoms with Crippen LogP contribution in [-0.4, -0.2) is 26.9 Å². The summed E-state index contributed by atoms with van der Waals surface area (Å²) in [4.78, 5) is 39.8. The van der Waals surface area contributed by atoms with Gasteiger partial charge >= 0.3 is 5.97 Å². The van der Waals surface area contributed by atoms with Crippen LogP contribution in [0.25, 0.3) is 0 Å². The van der Waals surface area contributed by atoms with Gasteiger partial charge in [0.05, 0.1) is 16.7 Å². The number of rotatable bonds is 10. The van der Waals surface area contributed by atoms with Crippen LogP contribution in [0, 0.1) is 16.0 Å². The molecule has 3 aromatic rings. The maximum Gasteiger partial charge on any atom is 0.316 e. The Morgan fingerprint density at radius 3 is 2.31 bits per heavy atom. The Bertz CT molecular complexity index is 1080. The van der Waals surface area contributed by atoms with E-state index in [1.54, 1.807) is 36.4 Å². The number of aliphatic carboxylic acids is 1. The molecule has 1 heterocycles. The SMILES string of the molecule is CCc1csc([C@H](Cc2ccc([N+](=O)[O-])cc2)NC(=O)C(Cc2ccccc2)C(=O)O)n1. The lowest BCUT2D eigenvalue weighted by molar-refractivity contribution is -0.384. The molecule has 3 rings (SSSR count). The fourth-order valence-electron chi connectivity index (χ4n) is 3.25. The molecule has 0 saturated heterocycles. The molecule has 0 saturated carbocycles. The van der Waals surface area contributed by atoms with Gasteiger partial charge in [-0.15, -0.1) is 11.3 Å². The summed E-state index contributed by atoms with van der Waals surface area (Å²) in [5.74, 6) is -3.04. The molecule has 2 aromatic carbocycles. The molecule has 0 aliphatic heterocycles. The predicted octanol–water partition coefficient (Wildman–Crippen LogP) is 3.96. The normalized spacial score (nSPS) is 12.7. The Hall–Kier alpha value is -3.59. The van der Waals surface area contributed by atoms with Crippen molar-refractivity contribution in [3.8, 4) is 0 Å². The van der Waals surface area contributed by atoms with Gasteiger partial charge in [0.25, 0.3) is 5.69 Å². The number of hydrogen-bond acceptors (Lipinski definition) is 6. The summed E-state index contributed by atoms with van der Waals surface area (Å²) in [5, 5.41) is 26.0. The molecule has 1 unspecified atom stereocenters. The van der Waals surface area contributed by atoms with E-state index in [1.807, 2.05) is 18.4 Å². The highest BCUT2D eigenvalue weighted by Gasteiger charge is 2.29. The molecule has 0 spiro atoms. The Morgan fingerprint density at radius 1 is 1.09 bits per heavy atom. The number of carbonyl (C=O) groups excluding carboxylic acids is 1. The zero-order chi connectivity index (χ0) is 23.1. The number of hydrogen-bond donors (Lipinski definition) is 2. The van der Waals surface area contributed by atoms with Gasteiger partial charge in [0.1, 0.15) is 10.9 Å². The lowest BCUT2D eigenvalue weighted by Crippen LogP contribution is -2.39. The molecular weight excluding hydrogens is 430 g/mol. The molecule has 8 nitrogen and oxygen atoms in total. The minimum atomic E-state index is -1.25. The summed E-state index contributed by atoms with van der Waals surface area (Å²) in [6.45, 7) is 1.98. The number of benzene rings is 2. The molecule has 0 aliphatic rings. The summed E-state index contributed by atoms with van der Waals surface area (Å²) in [5.41, 5.74) is 2.38. The number of amides is 1. The highest BCUT2D eigenvalue weighted by molar-refractivity contribution is 7.09. The third-order valence-corrected chi connectivity index (χ3v) is 6.04. The Kier molecular flexibility index (Phi) is 7.67. The molecule has 32 heavy (non-hydrogen) atoms. The Labute approximate surface area is 189 Å². The van der Waals surface area contributed by atoms with Crippen LogP contribution in [0.4, 0.5) is 5.69 Å². The van der Waals surface area contributed by atoms with E-state index < -0.39 is 28.8 Å². The smallest absolute Gasteiger partial charge is 0.316 e. The number of thiazole rings is 1. The van der Waals surface area contributed by atoms with Crippen LogP contribution in [0.5, 0.6) is 0 Å². The highest BCUT2D eigenvalue weighted by atomic mass is 32.1. The first kappa shape index (κ1) is 23.1. The number of carboxylic acids is 1. The first-order valence-electron chi connectivity index (χ1n) is 10.1. The van der Waals surface area contributed by atoms with Gasteiger partial charge in [-0.05, 0) is 30.4 Å². The van der Waals surface area contributed by atoms with Gasteiger partial charge in [0.15, 0.2) is 0 Å². The molecule has 1 amide bonds. The lowest BCUT2D eigenvalue weighted by Gasteiger charge is -2.20. The second kappa shape index (κ2) is 10.6. The molecule has 0 fully saturated rings. The van der Waals surface area contributed by atoms with Crippen LogP contribution >= 0.6 is 11.3 Å². The van der Waals surface area contributed by atoms with E-state index in [0.29, 0.717) is 11.4 Å². The van der Waals surface area contributed by atoms with Crippen molar-refractivity contribution in [1.29, 1.82) is 0 Å². The van der Waals surface area contributed by atoms with Gasteiger partial charge in [-0.25, -0.2) is 4.98 Å². The average molecular weight is 454 g/mol. The molecule has 1 aromatic heterocycles. The summed E-state index contributed by atoms with van der Waals surface area (Å²) in [6, 6.07) is 14.5. The molecular formula is C23H23N3O5S. The van der Waals surface area contributed by atoms with Crippen molar-refractivity contribution in [1.82, 2.24) is 10.3 Å². The first-order valence-corrected chi connectivity index (χ1v) is 11.0. The highest BCUT2D eigenvalue weighted by Crippen LogP contribution is 2.25. The number of carbonyl (C=O) groups is 2. The van der Waals surface area contributed by atoms with E-state index in [2.05, 4.69) is 10.3 Å². The van der Waals surface area contributed by atoms with Gasteiger partial charge in [-0.3, -0.25) is 19.7 Å². The van der Waals surface area contributed by atoms with Gasteiger partial charge in [0, 0.05) is 17.5 Å². The zero-order valence-electron chi connectivity index (χ0n) is 17.4. The molecule has 0 aliphatic carbocycles. The van der Waals surface area contributed by atoms with Crippen LogP contribution in [-0.2, 0) is 28.9 Å². The van der Waals surface area contributed by atoms with Crippen molar-refractivity contribution < 1.29 is 19.6 Å². The molecule has 0 radical (unpaired) electrons. The number of non-ortho nitro benzene ring substituents is 1. The fourth-order valence-corrected chi connectivity index (χ4v) is 4.20. The van der Waals surface area contributed by atoms with Gasteiger partial charge in [-0.1, -0.05) is 49.4 Å². The van der Waals surface area contributed by atoms with Crippen molar-refractivity contribution in [2.24, 2.45) is 5.92 Å². The van der Waals surface area contributed by atoms with Gasteiger partial charge in [-0.2, -0.15) is 0 Å². The van der Waals surface area contributed by atoms with E-state index >= 15 is 0 Å². The van der Waals surface area contributed by atoms with E-state index in [1.165, 1.54) is 23.5 Å². The lowest BCUT2D eigenvalue weighted by atomic mass is 9.97. The van der Waals surface area contributed by atoms with Crippen molar-refractivity contribution in [3.05, 3.63) is 91.9 Å². The largest absolute Gasteiger partial charge is 0.481 e. The molecule has 166 valence electrons. The van der Waals surface area contributed by atoms with E-state index in [4.69, 9.17) is 0 Å². The number of aryl methyl sites for hydroxylation is 1. The van der Waals surface area contributed by atoms with Crippen molar-refractivity contribution in [3.63, 3.8) is 0 Å². The van der Waals surface area contributed by atoms with Gasteiger partial charge in [0.2, 0.25) is 5.91 Å². The molecule has 0 bridgehead atoms. The standard InChI is InChI=1S/C23H23N3O5S/c1-2-17-14-32-22(24-17)20(13-16-8-10-18(11-9-16)26(30)31)25-21(27)19(23(28)29)12-15-6-4-3-5-7-15/h3-11,14,19-20H,2,12-13H2,1H3,(H,25,27)(H,28,29)/t19?,20-/m0/s1.